The van der Waals surface area contributed by atoms with Crippen molar-refractivity contribution in [2.75, 3.05) is 17.3 Å². The number of amides is 1. The summed E-state index contributed by atoms with van der Waals surface area (Å²) in [6.07, 6.45) is 1.85. The van der Waals surface area contributed by atoms with Crippen LogP contribution in [0.4, 0.5) is 5.95 Å². The molecule has 66 valence electrons. The number of thioether (sulfide) groups is 1. The molecule has 0 unspecified atom stereocenters. The molecule has 0 aromatic carbocycles. The molecular formula is C5H8N4OS2. The molecule has 0 spiro atoms. The topological polar surface area (TPSA) is 70.7 Å². The van der Waals surface area contributed by atoms with Gasteiger partial charge in [-0.05, 0) is 6.26 Å². The lowest BCUT2D eigenvalue weighted by molar-refractivity contribution is -0.113. The summed E-state index contributed by atoms with van der Waals surface area (Å²) in [6.45, 7) is 0. The van der Waals surface area contributed by atoms with Crippen molar-refractivity contribution in [1.82, 2.24) is 15.2 Å². The summed E-state index contributed by atoms with van der Waals surface area (Å²) in [5.74, 6) is 0.288. The Kier molecular flexibility index (Phi) is 3.42. The van der Waals surface area contributed by atoms with Crippen LogP contribution in [-0.2, 0) is 4.79 Å². The number of hydrogen-bond acceptors (Lipinski definition) is 5. The number of aromatic nitrogens is 3. The van der Waals surface area contributed by atoms with E-state index in [-0.39, 0.29) is 11.7 Å². The zero-order valence-corrected chi connectivity index (χ0v) is 8.08. The Balaban J connectivity index is 2.58. The molecule has 5 nitrogen and oxygen atoms in total. The van der Waals surface area contributed by atoms with Gasteiger partial charge < -0.3 is 0 Å². The highest BCUT2D eigenvalue weighted by atomic mass is 32.2. The molecule has 0 fully saturated rings. The van der Waals surface area contributed by atoms with Gasteiger partial charge in [0.05, 0.1) is 5.75 Å². The number of thiol groups is 1. The summed E-state index contributed by atoms with van der Waals surface area (Å²) in [4.78, 5) is 14.7. The Hall–Kier alpha value is -0.690. The predicted octanol–water partition coefficient (Wildman–Crippen LogP) is 0.395. The Morgan fingerprint density at radius 2 is 2.58 bits per heavy atom. The monoisotopic (exact) mass is 204 g/mol. The Labute approximate surface area is 79.1 Å². The van der Waals surface area contributed by atoms with Crippen LogP contribution in [0.5, 0.6) is 0 Å². The fourth-order valence-corrected chi connectivity index (χ4v) is 0.964. The summed E-state index contributed by atoms with van der Waals surface area (Å²) in [7, 11) is 0. The van der Waals surface area contributed by atoms with E-state index in [0.29, 0.717) is 11.1 Å². The van der Waals surface area contributed by atoms with Gasteiger partial charge in [-0.2, -0.15) is 17.6 Å². The number of H-pyrrole nitrogens is 1. The fourth-order valence-electron chi connectivity index (χ4n) is 0.565. The molecule has 0 bridgehead atoms. The number of aromatic amines is 1. The second kappa shape index (κ2) is 4.36. The van der Waals surface area contributed by atoms with E-state index in [2.05, 4.69) is 33.1 Å². The fraction of sp³-hybridized carbons (Fsp3) is 0.400. The van der Waals surface area contributed by atoms with Gasteiger partial charge >= 0.3 is 0 Å². The van der Waals surface area contributed by atoms with E-state index in [1.165, 1.54) is 11.8 Å². The summed E-state index contributed by atoms with van der Waals surface area (Å²) in [5.41, 5.74) is 0. The summed E-state index contributed by atoms with van der Waals surface area (Å²) < 4.78 is 0. The highest BCUT2D eigenvalue weighted by Gasteiger charge is 2.03. The first-order valence-corrected chi connectivity index (χ1v) is 4.99. The van der Waals surface area contributed by atoms with Gasteiger partial charge in [0.2, 0.25) is 17.0 Å². The molecular weight excluding hydrogens is 196 g/mol. The van der Waals surface area contributed by atoms with E-state index in [1.807, 2.05) is 6.26 Å². The van der Waals surface area contributed by atoms with Crippen molar-refractivity contribution in [3.05, 3.63) is 0 Å². The first-order valence-electron chi connectivity index (χ1n) is 3.13. The molecule has 0 aliphatic rings. The SMILES string of the molecule is CSc1n[nH]c(NC(=O)CS)n1. The average molecular weight is 204 g/mol. The van der Waals surface area contributed by atoms with Crippen molar-refractivity contribution < 1.29 is 4.79 Å². The first kappa shape index (κ1) is 9.40. The molecule has 1 rings (SSSR count). The second-order valence-corrected chi connectivity index (χ2v) is 2.97. The third kappa shape index (κ3) is 2.42. The zero-order valence-electron chi connectivity index (χ0n) is 6.37. The second-order valence-electron chi connectivity index (χ2n) is 1.88. The van der Waals surface area contributed by atoms with Crippen molar-refractivity contribution in [2.24, 2.45) is 0 Å². The van der Waals surface area contributed by atoms with Crippen LogP contribution < -0.4 is 5.32 Å². The van der Waals surface area contributed by atoms with Gasteiger partial charge in [0.1, 0.15) is 0 Å². The minimum Gasteiger partial charge on any atom is -0.294 e. The van der Waals surface area contributed by atoms with Gasteiger partial charge in [0.25, 0.3) is 0 Å². The molecule has 0 aliphatic heterocycles. The van der Waals surface area contributed by atoms with Crippen LogP contribution >= 0.6 is 24.4 Å². The lowest BCUT2D eigenvalue weighted by atomic mass is 10.7. The number of carbonyl (C=O) groups is 1. The molecule has 1 aromatic heterocycles. The first-order chi connectivity index (χ1) is 5.76. The van der Waals surface area contributed by atoms with Crippen molar-refractivity contribution in [3.63, 3.8) is 0 Å². The highest BCUT2D eigenvalue weighted by Crippen LogP contribution is 2.08. The van der Waals surface area contributed by atoms with Gasteiger partial charge in [-0.25, -0.2) is 5.10 Å². The van der Waals surface area contributed by atoms with E-state index in [1.54, 1.807) is 0 Å². The Morgan fingerprint density at radius 3 is 3.08 bits per heavy atom. The zero-order chi connectivity index (χ0) is 8.97. The normalized spacial score (nSPS) is 9.83. The summed E-state index contributed by atoms with van der Waals surface area (Å²) in [5, 5.41) is 9.47. The molecule has 12 heavy (non-hydrogen) atoms. The number of rotatable bonds is 3. The van der Waals surface area contributed by atoms with E-state index in [0.717, 1.165) is 0 Å². The average Bonchev–Trinajstić information content (AvgIpc) is 2.52. The smallest absolute Gasteiger partial charge is 0.236 e. The van der Waals surface area contributed by atoms with Crippen LogP contribution in [0.15, 0.2) is 5.16 Å². The number of carbonyl (C=O) groups excluding carboxylic acids is 1. The molecule has 1 amide bonds. The summed E-state index contributed by atoms with van der Waals surface area (Å²) in [6, 6.07) is 0. The number of nitrogens with zero attached hydrogens (tertiary/aromatic N) is 2. The van der Waals surface area contributed by atoms with Crippen molar-refractivity contribution in [1.29, 1.82) is 0 Å². The van der Waals surface area contributed by atoms with E-state index >= 15 is 0 Å². The number of anilines is 1. The van der Waals surface area contributed by atoms with Gasteiger partial charge in [0.15, 0.2) is 0 Å². The lowest BCUT2D eigenvalue weighted by Gasteiger charge is -1.94. The van der Waals surface area contributed by atoms with Gasteiger partial charge in [-0.15, -0.1) is 5.10 Å². The van der Waals surface area contributed by atoms with Crippen LogP contribution in [0, 0.1) is 0 Å². The minimum atomic E-state index is -0.206. The highest BCUT2D eigenvalue weighted by molar-refractivity contribution is 7.98. The molecule has 0 saturated carbocycles. The van der Waals surface area contributed by atoms with Gasteiger partial charge in [-0.1, -0.05) is 11.8 Å². The van der Waals surface area contributed by atoms with Gasteiger partial charge in [-0.3, -0.25) is 10.1 Å². The van der Waals surface area contributed by atoms with Crippen LogP contribution in [0.1, 0.15) is 0 Å². The van der Waals surface area contributed by atoms with E-state index < -0.39 is 0 Å². The van der Waals surface area contributed by atoms with Crippen LogP contribution in [0.25, 0.3) is 0 Å². The van der Waals surface area contributed by atoms with Crippen LogP contribution in [-0.4, -0.2) is 33.1 Å². The maximum absolute atomic E-state index is 10.8. The largest absolute Gasteiger partial charge is 0.294 e. The minimum absolute atomic E-state index is 0.134. The Bertz CT molecular complexity index is 274. The third-order valence-electron chi connectivity index (χ3n) is 1.05. The summed E-state index contributed by atoms with van der Waals surface area (Å²) >= 11 is 5.20. The lowest BCUT2D eigenvalue weighted by Crippen LogP contribution is -2.13. The van der Waals surface area contributed by atoms with E-state index in [9.17, 15) is 4.79 Å². The molecule has 7 heteroatoms. The van der Waals surface area contributed by atoms with Crippen LogP contribution in [0.2, 0.25) is 0 Å². The van der Waals surface area contributed by atoms with Gasteiger partial charge in [0, 0.05) is 0 Å². The number of nitrogens with one attached hydrogen (secondary N) is 2. The van der Waals surface area contributed by atoms with Crippen molar-refractivity contribution in [3.8, 4) is 0 Å². The molecule has 0 saturated heterocycles. The quantitative estimate of drug-likeness (QED) is 0.492. The van der Waals surface area contributed by atoms with Crippen LogP contribution in [0.3, 0.4) is 0 Å². The molecule has 0 atom stereocenters. The standard InChI is InChI=1S/C5H8N4OS2/c1-12-5-7-4(8-9-5)6-3(10)2-11/h11H,2H2,1H3,(H2,6,7,8,9,10). The van der Waals surface area contributed by atoms with E-state index in [4.69, 9.17) is 0 Å². The molecule has 0 aliphatic carbocycles. The molecule has 1 aromatic rings. The van der Waals surface area contributed by atoms with Crippen molar-refractivity contribution >= 4 is 36.2 Å². The maximum atomic E-state index is 10.8. The van der Waals surface area contributed by atoms with Crippen molar-refractivity contribution in [2.45, 2.75) is 5.16 Å². The Morgan fingerprint density at radius 1 is 1.83 bits per heavy atom. The number of hydrogen-bond donors (Lipinski definition) is 3. The predicted molar refractivity (Wildman–Crippen MR) is 50.6 cm³/mol. The molecule has 0 radical (unpaired) electrons. The third-order valence-corrected chi connectivity index (χ3v) is 1.88. The molecule has 1 heterocycles. The molecule has 2 N–H and O–H groups in total. The maximum Gasteiger partial charge on any atom is 0.236 e.